The topological polar surface area (TPSA) is 3.24 Å². The highest BCUT2D eigenvalue weighted by Crippen LogP contribution is 2.30. The van der Waals surface area contributed by atoms with E-state index in [0.717, 1.165) is 23.5 Å². The van der Waals surface area contributed by atoms with Crippen LogP contribution in [-0.2, 0) is 5.88 Å². The zero-order valence-electron chi connectivity index (χ0n) is 10.1. The molecule has 4 heteroatoms. The van der Waals surface area contributed by atoms with Crippen molar-refractivity contribution in [2.24, 2.45) is 0 Å². The monoisotopic (exact) mass is 273 g/mol. The third-order valence-corrected chi connectivity index (χ3v) is 4.96. The van der Waals surface area contributed by atoms with Gasteiger partial charge >= 0.3 is 0 Å². The molecule has 17 heavy (non-hydrogen) atoms. The molecule has 0 N–H and O–H groups in total. The number of nitrogens with zero attached hydrogens (tertiary/aromatic N) is 1. The van der Waals surface area contributed by atoms with Crippen LogP contribution in [0.1, 0.15) is 19.4 Å². The van der Waals surface area contributed by atoms with Crippen molar-refractivity contribution >= 4 is 29.1 Å². The van der Waals surface area contributed by atoms with Crippen LogP contribution in [-0.4, -0.2) is 23.6 Å². The summed E-state index contributed by atoms with van der Waals surface area (Å²) in [4.78, 5) is 2.28. The second-order valence-corrected chi connectivity index (χ2v) is 6.21. The van der Waals surface area contributed by atoms with Gasteiger partial charge in [0.05, 0.1) is 0 Å². The molecule has 1 heterocycles. The van der Waals surface area contributed by atoms with E-state index in [-0.39, 0.29) is 5.82 Å². The van der Waals surface area contributed by atoms with E-state index >= 15 is 0 Å². The van der Waals surface area contributed by atoms with Crippen LogP contribution in [0.4, 0.5) is 10.1 Å². The molecule has 0 aromatic heterocycles. The van der Waals surface area contributed by atoms with Crippen molar-refractivity contribution in [2.75, 3.05) is 17.2 Å². The van der Waals surface area contributed by atoms with Crippen LogP contribution in [0, 0.1) is 5.82 Å². The minimum atomic E-state index is -0.198. The number of thioether (sulfide) groups is 1. The van der Waals surface area contributed by atoms with Gasteiger partial charge < -0.3 is 4.90 Å². The first-order valence-electron chi connectivity index (χ1n) is 5.85. The van der Waals surface area contributed by atoms with Crippen molar-refractivity contribution in [3.05, 3.63) is 29.6 Å². The van der Waals surface area contributed by atoms with Crippen molar-refractivity contribution in [2.45, 2.75) is 31.0 Å². The van der Waals surface area contributed by atoms with E-state index in [1.54, 1.807) is 6.07 Å². The van der Waals surface area contributed by atoms with Crippen LogP contribution in [0.2, 0.25) is 0 Å². The summed E-state index contributed by atoms with van der Waals surface area (Å²) in [7, 11) is 0. The van der Waals surface area contributed by atoms with Crippen molar-refractivity contribution in [1.29, 1.82) is 0 Å². The van der Waals surface area contributed by atoms with Crippen LogP contribution in [0.15, 0.2) is 18.2 Å². The summed E-state index contributed by atoms with van der Waals surface area (Å²) in [6, 6.07) is 5.53. The predicted octanol–water partition coefficient (Wildman–Crippen LogP) is 3.89. The Hall–Kier alpha value is -0.410. The maximum absolute atomic E-state index is 13.5. The van der Waals surface area contributed by atoms with Gasteiger partial charge in [0.15, 0.2) is 0 Å². The molecule has 1 fully saturated rings. The second kappa shape index (κ2) is 5.49. The van der Waals surface area contributed by atoms with Gasteiger partial charge in [-0.2, -0.15) is 11.8 Å². The van der Waals surface area contributed by atoms with Gasteiger partial charge in [-0.1, -0.05) is 6.92 Å². The largest absolute Gasteiger partial charge is 0.367 e. The third kappa shape index (κ3) is 2.89. The lowest BCUT2D eigenvalue weighted by atomic mass is 10.1. The molecule has 94 valence electrons. The molecule has 0 saturated carbocycles. The molecular weight excluding hydrogens is 257 g/mol. The van der Waals surface area contributed by atoms with Crippen molar-refractivity contribution in [3.8, 4) is 0 Å². The number of halogens is 2. The van der Waals surface area contributed by atoms with Gasteiger partial charge in [-0.25, -0.2) is 4.39 Å². The molecule has 2 rings (SSSR count). The highest BCUT2D eigenvalue weighted by Gasteiger charge is 2.25. The third-order valence-electron chi connectivity index (χ3n) is 3.31. The normalized spacial score (nSPS) is 25.1. The summed E-state index contributed by atoms with van der Waals surface area (Å²) < 4.78 is 13.5. The molecule has 2 unspecified atom stereocenters. The number of anilines is 1. The standard InChI is InChI=1S/C13H17ClFNS/c1-9-10(2)17-4-3-16(9)13-6-11(8-14)5-12(15)7-13/h5-7,9-10H,3-4,8H2,1-2H3. The summed E-state index contributed by atoms with van der Waals surface area (Å²) in [5.41, 5.74) is 1.81. The zero-order chi connectivity index (χ0) is 12.4. The number of benzene rings is 1. The van der Waals surface area contributed by atoms with E-state index in [9.17, 15) is 4.39 Å². The Morgan fingerprint density at radius 3 is 2.88 bits per heavy atom. The van der Waals surface area contributed by atoms with Gasteiger partial charge in [-0.15, -0.1) is 11.6 Å². The fourth-order valence-corrected chi connectivity index (χ4v) is 3.43. The number of rotatable bonds is 2. The van der Waals surface area contributed by atoms with E-state index in [1.165, 1.54) is 6.07 Å². The van der Waals surface area contributed by atoms with Crippen LogP contribution in [0.3, 0.4) is 0 Å². The molecule has 1 aromatic carbocycles. The molecule has 0 spiro atoms. The van der Waals surface area contributed by atoms with E-state index in [2.05, 4.69) is 18.7 Å². The molecule has 0 amide bonds. The van der Waals surface area contributed by atoms with E-state index < -0.39 is 0 Å². The molecule has 0 bridgehead atoms. The molecule has 1 aromatic rings. The van der Waals surface area contributed by atoms with Crippen molar-refractivity contribution < 1.29 is 4.39 Å². The maximum atomic E-state index is 13.5. The molecule has 0 aliphatic carbocycles. The Kier molecular flexibility index (Phi) is 4.21. The molecule has 0 radical (unpaired) electrons. The Morgan fingerprint density at radius 1 is 1.41 bits per heavy atom. The van der Waals surface area contributed by atoms with Gasteiger partial charge in [0, 0.05) is 35.2 Å². The summed E-state index contributed by atoms with van der Waals surface area (Å²) in [6.07, 6.45) is 0. The zero-order valence-corrected chi connectivity index (χ0v) is 11.7. The molecule has 1 aliphatic rings. The average molecular weight is 274 g/mol. The van der Waals surface area contributed by atoms with Crippen LogP contribution in [0.5, 0.6) is 0 Å². The van der Waals surface area contributed by atoms with Crippen molar-refractivity contribution in [3.63, 3.8) is 0 Å². The Bertz CT molecular complexity index is 399. The Balaban J connectivity index is 2.29. The first-order chi connectivity index (χ1) is 8.11. The second-order valence-electron chi connectivity index (χ2n) is 4.46. The summed E-state index contributed by atoms with van der Waals surface area (Å²) in [5.74, 6) is 1.26. The SMILES string of the molecule is CC1SCCN(c2cc(F)cc(CCl)c2)C1C. The van der Waals surface area contributed by atoms with Gasteiger partial charge in [-0.3, -0.25) is 0 Å². The van der Waals surface area contributed by atoms with Gasteiger partial charge in [-0.05, 0) is 30.7 Å². The van der Waals surface area contributed by atoms with E-state index in [4.69, 9.17) is 11.6 Å². The minimum Gasteiger partial charge on any atom is -0.367 e. The predicted molar refractivity (Wildman–Crippen MR) is 74.7 cm³/mol. The van der Waals surface area contributed by atoms with Crippen molar-refractivity contribution in [1.82, 2.24) is 0 Å². The summed E-state index contributed by atoms with van der Waals surface area (Å²) in [6.45, 7) is 5.40. The lowest BCUT2D eigenvalue weighted by molar-refractivity contribution is 0.609. The van der Waals surface area contributed by atoms with E-state index in [1.807, 2.05) is 17.8 Å². The lowest BCUT2D eigenvalue weighted by Crippen LogP contribution is -2.44. The van der Waals surface area contributed by atoms with Gasteiger partial charge in [0.25, 0.3) is 0 Å². The number of hydrogen-bond donors (Lipinski definition) is 0. The molecular formula is C13H17ClFNS. The highest BCUT2D eigenvalue weighted by atomic mass is 35.5. The minimum absolute atomic E-state index is 0.198. The molecule has 1 nitrogen and oxygen atoms in total. The van der Waals surface area contributed by atoms with E-state index in [0.29, 0.717) is 17.2 Å². The Labute approximate surface area is 111 Å². The van der Waals surface area contributed by atoms with Crippen LogP contribution >= 0.6 is 23.4 Å². The maximum Gasteiger partial charge on any atom is 0.125 e. The van der Waals surface area contributed by atoms with Crippen LogP contribution < -0.4 is 4.90 Å². The highest BCUT2D eigenvalue weighted by molar-refractivity contribution is 8.00. The van der Waals surface area contributed by atoms with Crippen LogP contribution in [0.25, 0.3) is 0 Å². The number of alkyl halides is 1. The fraction of sp³-hybridized carbons (Fsp3) is 0.538. The molecule has 1 saturated heterocycles. The number of hydrogen-bond acceptors (Lipinski definition) is 2. The smallest absolute Gasteiger partial charge is 0.125 e. The van der Waals surface area contributed by atoms with Gasteiger partial charge in [0.2, 0.25) is 0 Å². The van der Waals surface area contributed by atoms with Gasteiger partial charge in [0.1, 0.15) is 5.82 Å². The molecule has 1 aliphatic heterocycles. The first kappa shape index (κ1) is 13.0. The summed E-state index contributed by atoms with van der Waals surface area (Å²) in [5, 5.41) is 0.575. The fourth-order valence-electron chi connectivity index (χ4n) is 2.17. The summed E-state index contributed by atoms with van der Waals surface area (Å²) >= 11 is 7.76. The first-order valence-corrected chi connectivity index (χ1v) is 7.44. The Morgan fingerprint density at radius 2 is 2.18 bits per heavy atom. The average Bonchev–Trinajstić information content (AvgIpc) is 2.31. The quantitative estimate of drug-likeness (QED) is 0.752. The molecule has 2 atom stereocenters. The lowest BCUT2D eigenvalue weighted by Gasteiger charge is -2.39.